The van der Waals surface area contributed by atoms with Gasteiger partial charge < -0.3 is 24.4 Å². The second-order valence-electron chi connectivity index (χ2n) is 6.52. The van der Waals surface area contributed by atoms with Gasteiger partial charge in [-0.05, 0) is 29.8 Å². The summed E-state index contributed by atoms with van der Waals surface area (Å²) < 4.78 is 17.3. The number of likely N-dealkylation sites (N-methyl/N-ethyl adjacent to an activating group) is 1. The van der Waals surface area contributed by atoms with Gasteiger partial charge in [-0.1, -0.05) is 23.7 Å². The first-order valence-corrected chi connectivity index (χ1v) is 9.34. The Labute approximate surface area is 163 Å². The Morgan fingerprint density at radius 2 is 2.04 bits per heavy atom. The highest BCUT2D eigenvalue weighted by molar-refractivity contribution is 6.32. The first kappa shape index (κ1) is 17.8. The van der Waals surface area contributed by atoms with Gasteiger partial charge >= 0.3 is 0 Å². The molecule has 0 unspecified atom stereocenters. The molecule has 0 fully saturated rings. The summed E-state index contributed by atoms with van der Waals surface area (Å²) in [5.74, 6) is 1.81. The summed E-state index contributed by atoms with van der Waals surface area (Å²) in [5.41, 5.74) is 1.93. The predicted octanol–water partition coefficient (Wildman–Crippen LogP) is 3.01. The molecule has 0 saturated carbocycles. The van der Waals surface area contributed by atoms with E-state index < -0.39 is 6.10 Å². The molecule has 2 aliphatic rings. The van der Waals surface area contributed by atoms with Gasteiger partial charge in [0.1, 0.15) is 5.75 Å². The molecule has 142 valence electrons. The van der Waals surface area contributed by atoms with Gasteiger partial charge in [-0.3, -0.25) is 4.79 Å². The van der Waals surface area contributed by atoms with Crippen molar-refractivity contribution in [2.75, 3.05) is 31.7 Å². The number of nitrogens with one attached hydrogen (secondary N) is 1. The van der Waals surface area contributed by atoms with Crippen LogP contribution in [-0.2, 0) is 11.3 Å². The summed E-state index contributed by atoms with van der Waals surface area (Å²) >= 11 is 6.43. The molecular weight excluding hydrogens is 368 g/mol. The second kappa shape index (κ2) is 7.56. The van der Waals surface area contributed by atoms with Crippen molar-refractivity contribution >= 4 is 23.2 Å². The molecule has 2 heterocycles. The molecule has 6 nitrogen and oxygen atoms in total. The van der Waals surface area contributed by atoms with Crippen molar-refractivity contribution in [2.24, 2.45) is 0 Å². The third kappa shape index (κ3) is 3.62. The van der Waals surface area contributed by atoms with E-state index in [1.54, 1.807) is 7.05 Å². The SMILES string of the molecule is CNC(=O)[C@H]1CN(Cc2cc(Cl)c3c(c2)OCCCO3)c2ccccc2O1. The molecule has 7 heteroatoms. The molecule has 4 rings (SSSR count). The smallest absolute Gasteiger partial charge is 0.262 e. The van der Waals surface area contributed by atoms with Gasteiger partial charge in [-0.25, -0.2) is 0 Å². The monoisotopic (exact) mass is 388 g/mol. The number of fused-ring (bicyclic) bond motifs is 2. The molecule has 0 aromatic heterocycles. The van der Waals surface area contributed by atoms with Crippen LogP contribution in [0.3, 0.4) is 0 Å². The van der Waals surface area contributed by atoms with Crippen molar-refractivity contribution < 1.29 is 19.0 Å². The number of amides is 1. The Bertz CT molecular complexity index is 858. The first-order chi connectivity index (χ1) is 13.2. The van der Waals surface area contributed by atoms with E-state index in [0.29, 0.717) is 48.6 Å². The topological polar surface area (TPSA) is 60.0 Å². The number of hydrogen-bond acceptors (Lipinski definition) is 5. The van der Waals surface area contributed by atoms with E-state index in [9.17, 15) is 4.79 Å². The van der Waals surface area contributed by atoms with Crippen LogP contribution in [0.15, 0.2) is 36.4 Å². The molecule has 1 amide bonds. The molecule has 1 N–H and O–H groups in total. The molecule has 2 aromatic carbocycles. The quantitative estimate of drug-likeness (QED) is 0.875. The highest BCUT2D eigenvalue weighted by Gasteiger charge is 2.30. The van der Waals surface area contributed by atoms with Crippen molar-refractivity contribution in [1.29, 1.82) is 0 Å². The van der Waals surface area contributed by atoms with Crippen LogP contribution in [0.4, 0.5) is 5.69 Å². The Balaban J connectivity index is 1.64. The Hall–Kier alpha value is -2.60. The molecule has 27 heavy (non-hydrogen) atoms. The number of ether oxygens (including phenoxy) is 3. The van der Waals surface area contributed by atoms with E-state index >= 15 is 0 Å². The lowest BCUT2D eigenvalue weighted by Crippen LogP contribution is -2.47. The lowest BCUT2D eigenvalue weighted by molar-refractivity contribution is -0.127. The minimum atomic E-state index is -0.569. The molecule has 0 saturated heterocycles. The maximum Gasteiger partial charge on any atom is 0.262 e. The first-order valence-electron chi connectivity index (χ1n) is 8.96. The minimum absolute atomic E-state index is 0.147. The highest BCUT2D eigenvalue weighted by Crippen LogP contribution is 2.40. The van der Waals surface area contributed by atoms with Gasteiger partial charge in [0.2, 0.25) is 0 Å². The predicted molar refractivity (Wildman–Crippen MR) is 103 cm³/mol. The molecule has 0 aliphatic carbocycles. The molecule has 1 atom stereocenters. The third-order valence-corrected chi connectivity index (χ3v) is 4.92. The minimum Gasteiger partial charge on any atom is -0.489 e. The number of para-hydroxylation sites is 2. The summed E-state index contributed by atoms with van der Waals surface area (Å²) in [6.07, 6.45) is 0.256. The fourth-order valence-corrected chi connectivity index (χ4v) is 3.64. The van der Waals surface area contributed by atoms with Crippen LogP contribution in [0.2, 0.25) is 5.02 Å². The average molecular weight is 389 g/mol. The molecular formula is C20H21ClN2O4. The van der Waals surface area contributed by atoms with Crippen LogP contribution in [0.5, 0.6) is 17.2 Å². The van der Waals surface area contributed by atoms with Crippen molar-refractivity contribution in [1.82, 2.24) is 5.32 Å². The van der Waals surface area contributed by atoms with E-state index in [4.69, 9.17) is 25.8 Å². The zero-order valence-corrected chi connectivity index (χ0v) is 15.8. The number of halogens is 1. The van der Waals surface area contributed by atoms with Gasteiger partial charge in [-0.2, -0.15) is 0 Å². The molecule has 0 radical (unpaired) electrons. The molecule has 0 bridgehead atoms. The van der Waals surface area contributed by atoms with E-state index in [-0.39, 0.29) is 5.91 Å². The van der Waals surface area contributed by atoms with Gasteiger partial charge in [0.25, 0.3) is 5.91 Å². The van der Waals surface area contributed by atoms with Crippen molar-refractivity contribution in [3.05, 3.63) is 47.0 Å². The van der Waals surface area contributed by atoms with Crippen LogP contribution < -0.4 is 24.4 Å². The van der Waals surface area contributed by atoms with E-state index in [2.05, 4.69) is 10.2 Å². The van der Waals surface area contributed by atoms with E-state index in [1.807, 2.05) is 36.4 Å². The third-order valence-electron chi connectivity index (χ3n) is 4.64. The number of benzene rings is 2. The van der Waals surface area contributed by atoms with Gasteiger partial charge in [0.05, 0.1) is 30.5 Å². The number of carbonyl (C=O) groups excluding carboxylic acids is 1. The Kier molecular flexibility index (Phi) is 4.99. The van der Waals surface area contributed by atoms with Gasteiger partial charge in [0.15, 0.2) is 17.6 Å². The molecule has 2 aromatic rings. The standard InChI is InChI=1S/C20H21ClN2O4/c1-22-20(24)18-12-23(15-5-2-3-6-16(15)27-18)11-13-9-14(21)19-17(10-13)25-7-4-8-26-19/h2-3,5-6,9-10,18H,4,7-8,11-12H2,1H3,(H,22,24)/t18-/m1/s1. The maximum absolute atomic E-state index is 12.1. The lowest BCUT2D eigenvalue weighted by atomic mass is 10.1. The number of nitrogens with zero attached hydrogens (tertiary/aromatic N) is 1. The van der Waals surface area contributed by atoms with Crippen molar-refractivity contribution in [3.63, 3.8) is 0 Å². The number of hydrogen-bond donors (Lipinski definition) is 1. The van der Waals surface area contributed by atoms with E-state index in [1.165, 1.54) is 0 Å². The second-order valence-corrected chi connectivity index (χ2v) is 6.93. The summed E-state index contributed by atoms with van der Waals surface area (Å²) in [7, 11) is 1.61. The van der Waals surface area contributed by atoms with Gasteiger partial charge in [-0.15, -0.1) is 0 Å². The zero-order valence-electron chi connectivity index (χ0n) is 15.0. The normalized spacial score (nSPS) is 18.1. The fourth-order valence-electron chi connectivity index (χ4n) is 3.35. The summed E-state index contributed by atoms with van der Waals surface area (Å²) in [6, 6.07) is 11.6. The number of carbonyl (C=O) groups is 1. The number of anilines is 1. The van der Waals surface area contributed by atoms with Crippen molar-refractivity contribution in [3.8, 4) is 17.2 Å². The van der Waals surface area contributed by atoms with Gasteiger partial charge in [0, 0.05) is 20.0 Å². The Morgan fingerprint density at radius 1 is 1.22 bits per heavy atom. The van der Waals surface area contributed by atoms with Crippen LogP contribution >= 0.6 is 11.6 Å². The summed E-state index contributed by atoms with van der Waals surface area (Å²) in [6.45, 7) is 2.22. The fraction of sp³-hybridized carbons (Fsp3) is 0.350. The maximum atomic E-state index is 12.1. The molecule has 0 spiro atoms. The zero-order chi connectivity index (χ0) is 18.8. The highest BCUT2D eigenvalue weighted by atomic mass is 35.5. The largest absolute Gasteiger partial charge is 0.489 e. The Morgan fingerprint density at radius 3 is 2.89 bits per heavy atom. The average Bonchev–Trinajstić information content (AvgIpc) is 2.93. The van der Waals surface area contributed by atoms with Crippen molar-refractivity contribution in [2.45, 2.75) is 19.1 Å². The van der Waals surface area contributed by atoms with Crippen LogP contribution in [-0.4, -0.2) is 38.8 Å². The van der Waals surface area contributed by atoms with Crippen LogP contribution in [0.25, 0.3) is 0 Å². The lowest BCUT2D eigenvalue weighted by Gasteiger charge is -2.35. The summed E-state index contributed by atoms with van der Waals surface area (Å²) in [5, 5.41) is 3.19. The van der Waals surface area contributed by atoms with Crippen LogP contribution in [0, 0.1) is 0 Å². The van der Waals surface area contributed by atoms with E-state index in [0.717, 1.165) is 17.7 Å². The summed E-state index contributed by atoms with van der Waals surface area (Å²) in [4.78, 5) is 14.3. The number of rotatable bonds is 3. The molecule has 2 aliphatic heterocycles. The van der Waals surface area contributed by atoms with Crippen LogP contribution in [0.1, 0.15) is 12.0 Å².